The standard InChI is InChI=1S/C29H40N4O/c1-31(2)22-26-28(33-17-7-4-8-18-33)14-12-25-27(30-34-29(25)26)13-11-23-15-19-32(20-16-23)21-24-9-5-3-6-10-24/h3,5-6,9-10,12,14,23H,4,7-8,11,13,15-22H2,1-2H3. The fourth-order valence-corrected chi connectivity index (χ4v) is 5.79. The Morgan fingerprint density at radius 2 is 1.71 bits per heavy atom. The van der Waals surface area contributed by atoms with Crippen molar-refractivity contribution >= 4 is 16.7 Å². The molecule has 0 atom stereocenters. The Kier molecular flexibility index (Phi) is 7.51. The van der Waals surface area contributed by atoms with E-state index in [-0.39, 0.29) is 0 Å². The summed E-state index contributed by atoms with van der Waals surface area (Å²) in [5.41, 5.74) is 6.22. The van der Waals surface area contributed by atoms with Crippen molar-refractivity contribution in [3.63, 3.8) is 0 Å². The summed E-state index contributed by atoms with van der Waals surface area (Å²) in [7, 11) is 4.28. The summed E-state index contributed by atoms with van der Waals surface area (Å²) >= 11 is 0. The summed E-state index contributed by atoms with van der Waals surface area (Å²) in [6.45, 7) is 6.66. The molecule has 0 spiro atoms. The molecule has 5 heteroatoms. The highest BCUT2D eigenvalue weighted by Crippen LogP contribution is 2.34. The van der Waals surface area contributed by atoms with Gasteiger partial charge in [0.05, 0.1) is 5.69 Å². The van der Waals surface area contributed by atoms with Crippen LogP contribution in [-0.4, -0.2) is 55.2 Å². The number of likely N-dealkylation sites (tertiary alicyclic amines) is 1. The third kappa shape index (κ3) is 5.47. The van der Waals surface area contributed by atoms with Crippen molar-refractivity contribution in [2.75, 3.05) is 45.2 Å². The number of hydrogen-bond donors (Lipinski definition) is 0. The van der Waals surface area contributed by atoms with E-state index in [1.165, 1.54) is 73.8 Å². The topological polar surface area (TPSA) is 35.8 Å². The lowest BCUT2D eigenvalue weighted by Gasteiger charge is -2.32. The molecule has 3 heterocycles. The van der Waals surface area contributed by atoms with E-state index in [0.29, 0.717) is 0 Å². The van der Waals surface area contributed by atoms with Crippen LogP contribution in [0.4, 0.5) is 5.69 Å². The largest absolute Gasteiger partial charge is 0.371 e. The second-order valence-corrected chi connectivity index (χ2v) is 10.6. The van der Waals surface area contributed by atoms with E-state index >= 15 is 0 Å². The number of anilines is 1. The first-order valence-electron chi connectivity index (χ1n) is 13.2. The molecule has 0 radical (unpaired) electrons. The van der Waals surface area contributed by atoms with E-state index in [4.69, 9.17) is 4.52 Å². The maximum absolute atomic E-state index is 6.02. The molecule has 1 aromatic heterocycles. The van der Waals surface area contributed by atoms with Crippen molar-refractivity contribution in [3.05, 3.63) is 59.3 Å². The van der Waals surface area contributed by atoms with Gasteiger partial charge in [0.25, 0.3) is 0 Å². The second-order valence-electron chi connectivity index (χ2n) is 10.6. The molecule has 0 amide bonds. The van der Waals surface area contributed by atoms with E-state index in [9.17, 15) is 0 Å². The number of hydrogen-bond acceptors (Lipinski definition) is 5. The van der Waals surface area contributed by atoms with E-state index in [2.05, 4.69) is 76.4 Å². The van der Waals surface area contributed by atoms with Crippen LogP contribution in [0.15, 0.2) is 47.0 Å². The Hall–Kier alpha value is -2.37. The average Bonchev–Trinajstić information content (AvgIpc) is 3.28. The maximum Gasteiger partial charge on any atom is 0.173 e. The number of fused-ring (bicyclic) bond motifs is 1. The molecule has 0 bridgehead atoms. The molecule has 2 aromatic carbocycles. The zero-order chi connectivity index (χ0) is 23.3. The van der Waals surface area contributed by atoms with Crippen LogP contribution >= 0.6 is 0 Å². The Morgan fingerprint density at radius 3 is 2.44 bits per heavy atom. The number of rotatable bonds is 8. The molecule has 5 nitrogen and oxygen atoms in total. The Balaban J connectivity index is 1.23. The smallest absolute Gasteiger partial charge is 0.173 e. The van der Waals surface area contributed by atoms with Crippen LogP contribution in [0.2, 0.25) is 0 Å². The molecule has 0 unspecified atom stereocenters. The van der Waals surface area contributed by atoms with Crippen LogP contribution < -0.4 is 4.90 Å². The summed E-state index contributed by atoms with van der Waals surface area (Å²) in [5.74, 6) is 0.785. The molecule has 182 valence electrons. The quantitative estimate of drug-likeness (QED) is 0.429. The van der Waals surface area contributed by atoms with Crippen LogP contribution in [0.3, 0.4) is 0 Å². The van der Waals surface area contributed by atoms with Gasteiger partial charge < -0.3 is 14.3 Å². The predicted octanol–water partition coefficient (Wildman–Crippen LogP) is 5.72. The fourth-order valence-electron chi connectivity index (χ4n) is 5.79. The van der Waals surface area contributed by atoms with Crippen LogP contribution in [0.25, 0.3) is 11.0 Å². The van der Waals surface area contributed by atoms with Crippen molar-refractivity contribution in [2.24, 2.45) is 5.92 Å². The molecule has 2 aliphatic heterocycles. The highest BCUT2D eigenvalue weighted by Gasteiger charge is 2.23. The minimum absolute atomic E-state index is 0.785. The van der Waals surface area contributed by atoms with Crippen LogP contribution in [-0.2, 0) is 19.5 Å². The SMILES string of the molecule is CN(C)Cc1c(N2CCCCC2)ccc2c(CCC3CCN(Cc4ccccc4)CC3)noc12. The first-order chi connectivity index (χ1) is 16.7. The van der Waals surface area contributed by atoms with E-state index in [1.807, 2.05) is 0 Å². The summed E-state index contributed by atoms with van der Waals surface area (Å²) < 4.78 is 6.02. The van der Waals surface area contributed by atoms with Crippen LogP contribution in [0.5, 0.6) is 0 Å². The van der Waals surface area contributed by atoms with E-state index in [1.54, 1.807) is 0 Å². The van der Waals surface area contributed by atoms with Gasteiger partial charge in [-0.1, -0.05) is 35.5 Å². The summed E-state index contributed by atoms with van der Waals surface area (Å²) in [6.07, 6.45) is 8.70. The lowest BCUT2D eigenvalue weighted by molar-refractivity contribution is 0.172. The Bertz CT molecular complexity index is 1050. The van der Waals surface area contributed by atoms with Crippen LogP contribution in [0.1, 0.15) is 55.3 Å². The number of aryl methyl sites for hydroxylation is 1. The van der Waals surface area contributed by atoms with Crippen LogP contribution in [0, 0.1) is 5.92 Å². The van der Waals surface area contributed by atoms with Gasteiger partial charge in [-0.3, -0.25) is 4.90 Å². The van der Waals surface area contributed by atoms with Crippen molar-refractivity contribution < 1.29 is 4.52 Å². The maximum atomic E-state index is 6.02. The molecule has 0 aliphatic carbocycles. The Morgan fingerprint density at radius 1 is 0.941 bits per heavy atom. The molecule has 2 saturated heterocycles. The minimum atomic E-state index is 0.785. The van der Waals surface area contributed by atoms with Gasteiger partial charge in [-0.25, -0.2) is 0 Å². The highest BCUT2D eigenvalue weighted by molar-refractivity contribution is 5.87. The molecule has 2 fully saturated rings. The van der Waals surface area contributed by atoms with E-state index in [0.717, 1.165) is 49.8 Å². The van der Waals surface area contributed by atoms with Gasteiger partial charge in [-0.2, -0.15) is 0 Å². The Labute approximate surface area is 204 Å². The van der Waals surface area contributed by atoms with Gasteiger partial charge in [0, 0.05) is 42.8 Å². The van der Waals surface area contributed by atoms with Gasteiger partial charge in [0.2, 0.25) is 0 Å². The average molecular weight is 461 g/mol. The summed E-state index contributed by atoms with van der Waals surface area (Å²) in [4.78, 5) is 7.40. The summed E-state index contributed by atoms with van der Waals surface area (Å²) in [5, 5.41) is 5.80. The molecular formula is C29H40N4O. The molecule has 3 aromatic rings. The fraction of sp³-hybridized carbons (Fsp3) is 0.552. The molecule has 0 N–H and O–H groups in total. The molecule has 5 rings (SSSR count). The monoisotopic (exact) mass is 460 g/mol. The zero-order valence-electron chi connectivity index (χ0n) is 21.0. The van der Waals surface area contributed by atoms with Gasteiger partial charge >= 0.3 is 0 Å². The molecule has 34 heavy (non-hydrogen) atoms. The van der Waals surface area contributed by atoms with Gasteiger partial charge in [0.15, 0.2) is 5.58 Å². The zero-order valence-corrected chi connectivity index (χ0v) is 21.0. The highest BCUT2D eigenvalue weighted by atomic mass is 16.5. The lowest BCUT2D eigenvalue weighted by atomic mass is 9.91. The van der Waals surface area contributed by atoms with Crippen molar-refractivity contribution in [2.45, 2.75) is 58.0 Å². The second kappa shape index (κ2) is 10.9. The van der Waals surface area contributed by atoms with Gasteiger partial charge in [-0.05, 0) is 95.7 Å². The first kappa shape index (κ1) is 23.4. The van der Waals surface area contributed by atoms with Gasteiger partial charge in [-0.15, -0.1) is 0 Å². The predicted molar refractivity (Wildman–Crippen MR) is 140 cm³/mol. The molecular weight excluding hydrogens is 420 g/mol. The van der Waals surface area contributed by atoms with Gasteiger partial charge in [0.1, 0.15) is 0 Å². The lowest BCUT2D eigenvalue weighted by Crippen LogP contribution is -2.33. The molecule has 0 saturated carbocycles. The normalized spacial score (nSPS) is 18.3. The summed E-state index contributed by atoms with van der Waals surface area (Å²) in [6, 6.07) is 15.5. The molecule has 2 aliphatic rings. The third-order valence-electron chi connectivity index (χ3n) is 7.71. The van der Waals surface area contributed by atoms with E-state index < -0.39 is 0 Å². The van der Waals surface area contributed by atoms with Crippen molar-refractivity contribution in [1.82, 2.24) is 15.0 Å². The number of nitrogens with zero attached hydrogens (tertiary/aromatic N) is 4. The number of piperidine rings is 2. The third-order valence-corrected chi connectivity index (χ3v) is 7.71. The van der Waals surface area contributed by atoms with Crippen molar-refractivity contribution in [3.8, 4) is 0 Å². The first-order valence-corrected chi connectivity index (χ1v) is 13.2. The number of benzene rings is 2. The minimum Gasteiger partial charge on any atom is -0.371 e. The van der Waals surface area contributed by atoms with Crippen molar-refractivity contribution in [1.29, 1.82) is 0 Å². The number of aromatic nitrogens is 1.